The Morgan fingerprint density at radius 3 is 3.13 bits per heavy atom. The molecule has 2 unspecified atom stereocenters. The Morgan fingerprint density at radius 1 is 1.57 bits per heavy atom. The highest BCUT2D eigenvalue weighted by Gasteiger charge is 2.56. The van der Waals surface area contributed by atoms with Crippen LogP contribution in [0.5, 0.6) is 0 Å². The fraction of sp³-hybridized carbons (Fsp3) is 0.455. The number of ether oxygens (including phenoxy) is 1. The molecule has 0 bridgehead atoms. The highest BCUT2D eigenvalue weighted by atomic mass is 31.2. The summed E-state index contributed by atoms with van der Waals surface area (Å²) in [6, 6.07) is 1.54. The highest BCUT2D eigenvalue weighted by Crippen LogP contribution is 2.58. The normalized spacial score (nSPS) is 37.1. The zero-order valence-corrected chi connectivity index (χ0v) is 12.6. The summed E-state index contributed by atoms with van der Waals surface area (Å²) in [5.41, 5.74) is 5.45. The summed E-state index contributed by atoms with van der Waals surface area (Å²) in [5, 5.41) is 10.8. The molecule has 2 saturated heterocycles. The number of aromatic nitrogens is 3. The Bertz CT molecular complexity index is 824. The molecule has 2 aromatic heterocycles. The number of hydrogen-bond acceptors (Lipinski definition) is 8. The second-order valence-electron chi connectivity index (χ2n) is 5.40. The molecule has 0 spiro atoms. The molecule has 2 fully saturated rings. The van der Waals surface area contributed by atoms with Crippen molar-refractivity contribution in [2.75, 3.05) is 12.3 Å². The molecular weight excluding hydrogens is 326 g/mol. The summed E-state index contributed by atoms with van der Waals surface area (Å²) >= 11 is 0. The van der Waals surface area contributed by atoms with Crippen LogP contribution in [0.4, 0.5) is 5.95 Å². The second-order valence-corrected chi connectivity index (χ2v) is 6.99. The Balaban J connectivity index is 1.73. The first kappa shape index (κ1) is 15.1. The SMILES string of the molecule is [B][P+]1(O)OC[C@H]2O[C@@H](n3ccc4c(=O)[nH]c(N)nc43)C(O)[C@H]2O1. The van der Waals surface area contributed by atoms with E-state index in [1.54, 1.807) is 12.3 Å². The molecule has 2 aliphatic heterocycles. The lowest BCUT2D eigenvalue weighted by Crippen LogP contribution is -2.40. The van der Waals surface area contributed by atoms with E-state index in [1.807, 2.05) is 0 Å². The molecule has 2 aliphatic rings. The van der Waals surface area contributed by atoms with Crippen LogP contribution in [0, 0.1) is 0 Å². The molecule has 4 rings (SSSR count). The van der Waals surface area contributed by atoms with Crippen LogP contribution in [0.15, 0.2) is 17.1 Å². The largest absolute Gasteiger partial charge is 0.488 e. The van der Waals surface area contributed by atoms with Crippen LogP contribution in [-0.2, 0) is 13.8 Å². The van der Waals surface area contributed by atoms with Crippen LogP contribution in [0.2, 0.25) is 0 Å². The van der Waals surface area contributed by atoms with Gasteiger partial charge in [-0.1, -0.05) is 0 Å². The monoisotopic (exact) mass is 339 g/mol. The van der Waals surface area contributed by atoms with Gasteiger partial charge in [0.1, 0.15) is 18.8 Å². The molecule has 0 aromatic carbocycles. The number of aliphatic hydroxyl groups excluding tert-OH is 1. The van der Waals surface area contributed by atoms with E-state index in [2.05, 4.69) is 9.97 Å². The summed E-state index contributed by atoms with van der Waals surface area (Å²) in [6.07, 6.45) is -1.89. The molecule has 23 heavy (non-hydrogen) atoms. The van der Waals surface area contributed by atoms with Crippen molar-refractivity contribution in [1.82, 2.24) is 14.5 Å². The maximum Gasteiger partial charge on any atom is 0.488 e. The van der Waals surface area contributed by atoms with E-state index < -0.39 is 37.9 Å². The maximum atomic E-state index is 11.9. The Hall–Kier alpha value is -1.49. The molecule has 10 nitrogen and oxygen atoms in total. The van der Waals surface area contributed by atoms with Crippen LogP contribution in [0.25, 0.3) is 11.0 Å². The lowest BCUT2D eigenvalue weighted by molar-refractivity contribution is -0.0601. The summed E-state index contributed by atoms with van der Waals surface area (Å²) in [4.78, 5) is 28.0. The van der Waals surface area contributed by atoms with E-state index in [0.29, 0.717) is 5.39 Å². The van der Waals surface area contributed by atoms with Gasteiger partial charge in [0.2, 0.25) is 5.95 Å². The molecule has 0 saturated carbocycles. The smallest absolute Gasteiger partial charge is 0.385 e. The second kappa shape index (κ2) is 5.00. The summed E-state index contributed by atoms with van der Waals surface area (Å²) < 4.78 is 17.4. The third-order valence-corrected chi connectivity index (χ3v) is 4.94. The zero-order valence-electron chi connectivity index (χ0n) is 11.7. The average molecular weight is 339 g/mol. The van der Waals surface area contributed by atoms with Crippen molar-refractivity contribution < 1.29 is 23.8 Å². The minimum absolute atomic E-state index is 0.00560. The zero-order chi connectivity index (χ0) is 16.4. The number of nitrogens with zero attached hydrogens (tertiary/aromatic N) is 2. The first-order valence-corrected chi connectivity index (χ1v) is 8.43. The van der Waals surface area contributed by atoms with Crippen molar-refractivity contribution >= 4 is 32.4 Å². The molecule has 5 atom stereocenters. The summed E-state index contributed by atoms with van der Waals surface area (Å²) in [7, 11) is 2.01. The van der Waals surface area contributed by atoms with Crippen molar-refractivity contribution in [3.63, 3.8) is 0 Å². The van der Waals surface area contributed by atoms with Gasteiger partial charge in [-0.15, -0.1) is 0 Å². The fourth-order valence-electron chi connectivity index (χ4n) is 2.86. The van der Waals surface area contributed by atoms with E-state index >= 15 is 0 Å². The van der Waals surface area contributed by atoms with Gasteiger partial charge in [0, 0.05) is 6.20 Å². The van der Waals surface area contributed by atoms with Gasteiger partial charge < -0.3 is 20.1 Å². The number of nitrogens with two attached hydrogens (primary N) is 1. The molecule has 0 aliphatic carbocycles. The molecule has 4 heterocycles. The van der Waals surface area contributed by atoms with Gasteiger partial charge >= 0.3 is 15.4 Å². The molecule has 12 heteroatoms. The number of rotatable bonds is 1. The van der Waals surface area contributed by atoms with Crippen molar-refractivity contribution in [2.45, 2.75) is 24.5 Å². The molecule has 2 radical (unpaired) electrons. The van der Waals surface area contributed by atoms with Gasteiger partial charge in [0.15, 0.2) is 18.0 Å². The van der Waals surface area contributed by atoms with Crippen LogP contribution < -0.4 is 11.3 Å². The van der Waals surface area contributed by atoms with Crippen LogP contribution in [0.3, 0.4) is 0 Å². The number of fused-ring (bicyclic) bond motifs is 2. The van der Waals surface area contributed by atoms with Gasteiger partial charge in [-0.05, 0) is 6.07 Å². The van der Waals surface area contributed by atoms with Gasteiger partial charge in [0.05, 0.1) is 5.39 Å². The predicted molar refractivity (Wildman–Crippen MR) is 80.4 cm³/mol. The van der Waals surface area contributed by atoms with E-state index in [-0.39, 0.29) is 18.2 Å². The van der Waals surface area contributed by atoms with Gasteiger partial charge in [0.25, 0.3) is 5.56 Å². The van der Waals surface area contributed by atoms with E-state index in [4.69, 9.17) is 27.1 Å². The predicted octanol–water partition coefficient (Wildman–Crippen LogP) is -1.18. The Labute approximate surface area is 131 Å². The van der Waals surface area contributed by atoms with Crippen molar-refractivity contribution in [1.29, 1.82) is 0 Å². The quantitative estimate of drug-likeness (QED) is 0.375. The lowest BCUT2D eigenvalue weighted by Gasteiger charge is -2.27. The minimum atomic E-state index is -3.45. The van der Waals surface area contributed by atoms with Crippen molar-refractivity contribution in [3.8, 4) is 0 Å². The number of nitrogen functional groups attached to an aromatic ring is 1. The standard InChI is InChI=1S/C11H13BN4O6P/c12-23(19)20-3-5-7(22-23)6(17)10(21-5)16-2-1-4-8(16)14-11(13)15-9(4)18/h1-2,5-7,10,17,19H,3H2,(H3,13,14,15,18)/q+1/t5-,6?,7+,10-,23?/m1/s1. The first-order valence-electron chi connectivity index (χ1n) is 6.79. The molecule has 2 aromatic rings. The number of aromatic amines is 1. The van der Waals surface area contributed by atoms with Crippen LogP contribution in [-0.4, -0.2) is 57.0 Å². The lowest BCUT2D eigenvalue weighted by atomic mass is 10.1. The number of nitrogens with one attached hydrogen (secondary N) is 1. The number of hydrogen-bond donors (Lipinski definition) is 4. The summed E-state index contributed by atoms with van der Waals surface area (Å²) in [6.45, 7) is -0.00560. The Kier molecular flexibility index (Phi) is 3.28. The van der Waals surface area contributed by atoms with Crippen LogP contribution >= 0.6 is 7.82 Å². The molecular formula is C11H13BN4O6P+. The average Bonchev–Trinajstić information content (AvgIpc) is 3.00. The Morgan fingerprint density at radius 2 is 2.35 bits per heavy atom. The van der Waals surface area contributed by atoms with Gasteiger partial charge in [-0.2, -0.15) is 14.0 Å². The first-order chi connectivity index (χ1) is 10.9. The number of aliphatic hydroxyl groups is 1. The van der Waals surface area contributed by atoms with Gasteiger partial charge in [-0.25, -0.2) is 4.89 Å². The third kappa shape index (κ3) is 2.37. The summed E-state index contributed by atoms with van der Waals surface area (Å²) in [5.74, 6) is -0.0470. The molecule has 120 valence electrons. The minimum Gasteiger partial charge on any atom is -0.385 e. The van der Waals surface area contributed by atoms with Crippen LogP contribution in [0.1, 0.15) is 6.23 Å². The number of anilines is 1. The maximum absolute atomic E-state index is 11.9. The third-order valence-electron chi connectivity index (χ3n) is 3.88. The molecule has 0 amide bonds. The molecule has 5 N–H and O–H groups in total. The topological polar surface area (TPSA) is 145 Å². The fourth-order valence-corrected chi connectivity index (χ4v) is 3.89. The van der Waals surface area contributed by atoms with E-state index in [1.165, 1.54) is 4.57 Å². The van der Waals surface area contributed by atoms with E-state index in [9.17, 15) is 14.8 Å². The van der Waals surface area contributed by atoms with Gasteiger partial charge in [-0.3, -0.25) is 9.78 Å². The van der Waals surface area contributed by atoms with Crippen molar-refractivity contribution in [2.24, 2.45) is 0 Å². The highest BCUT2D eigenvalue weighted by molar-refractivity contribution is 7.85. The van der Waals surface area contributed by atoms with Crippen molar-refractivity contribution in [3.05, 3.63) is 22.6 Å². The number of H-pyrrole nitrogens is 1. The van der Waals surface area contributed by atoms with E-state index in [0.717, 1.165) is 0 Å².